The van der Waals surface area contributed by atoms with Crippen molar-refractivity contribution in [2.24, 2.45) is 0 Å². The third-order valence-corrected chi connectivity index (χ3v) is 6.30. The molecule has 0 spiro atoms. The maximum absolute atomic E-state index is 13.2. The van der Waals surface area contributed by atoms with E-state index in [9.17, 15) is 14.7 Å². The molecule has 1 atom stereocenters. The summed E-state index contributed by atoms with van der Waals surface area (Å²) in [7, 11) is 0. The summed E-state index contributed by atoms with van der Waals surface area (Å²) in [5.74, 6) is -0.698. The highest BCUT2D eigenvalue weighted by atomic mass is 16.5. The number of aliphatic hydroxyl groups is 1. The summed E-state index contributed by atoms with van der Waals surface area (Å²) in [6.45, 7) is 10.6. The van der Waals surface area contributed by atoms with Crippen LogP contribution in [0.25, 0.3) is 5.76 Å². The third-order valence-electron chi connectivity index (χ3n) is 6.30. The van der Waals surface area contributed by atoms with E-state index in [-0.39, 0.29) is 17.4 Å². The van der Waals surface area contributed by atoms with Gasteiger partial charge in [0.1, 0.15) is 11.5 Å². The van der Waals surface area contributed by atoms with Gasteiger partial charge in [0.05, 0.1) is 17.7 Å². The monoisotopic (exact) mass is 463 g/mol. The molecule has 2 saturated heterocycles. The number of nitrogens with one attached hydrogen (secondary N) is 1. The van der Waals surface area contributed by atoms with Crippen molar-refractivity contribution in [2.75, 3.05) is 39.3 Å². The number of carbonyl (C=O) groups is 2. The van der Waals surface area contributed by atoms with E-state index in [1.807, 2.05) is 45.0 Å². The number of ether oxygens (including phenoxy) is 1. The van der Waals surface area contributed by atoms with Crippen molar-refractivity contribution >= 4 is 17.4 Å². The zero-order chi connectivity index (χ0) is 24.2. The van der Waals surface area contributed by atoms with Gasteiger partial charge >= 0.3 is 0 Å². The van der Waals surface area contributed by atoms with Crippen molar-refractivity contribution in [3.05, 3.63) is 70.8 Å². The van der Waals surface area contributed by atoms with Gasteiger partial charge in [-0.15, -0.1) is 0 Å². The van der Waals surface area contributed by atoms with Gasteiger partial charge in [0.2, 0.25) is 0 Å². The molecule has 34 heavy (non-hydrogen) atoms. The molecule has 1 unspecified atom stereocenters. The molecule has 180 valence electrons. The minimum absolute atomic E-state index is 0.0296. The molecule has 4 rings (SSSR count). The zero-order valence-electron chi connectivity index (χ0n) is 20.1. The minimum Gasteiger partial charge on any atom is -0.507 e. The van der Waals surface area contributed by atoms with E-state index in [1.54, 1.807) is 29.2 Å². The van der Waals surface area contributed by atoms with Crippen LogP contribution in [0.15, 0.2) is 54.1 Å². The summed E-state index contributed by atoms with van der Waals surface area (Å²) in [6.07, 6.45) is 0.0296. The molecule has 0 bridgehead atoms. The highest BCUT2D eigenvalue weighted by Crippen LogP contribution is 2.39. The van der Waals surface area contributed by atoms with Gasteiger partial charge in [-0.25, -0.2) is 0 Å². The number of aliphatic hydroxyl groups excluding tert-OH is 1. The van der Waals surface area contributed by atoms with Crippen LogP contribution in [0.3, 0.4) is 0 Å². The largest absolute Gasteiger partial charge is 0.507 e. The van der Waals surface area contributed by atoms with Crippen molar-refractivity contribution in [3.63, 3.8) is 0 Å². The molecule has 2 aliphatic rings. The molecule has 0 radical (unpaired) electrons. The van der Waals surface area contributed by atoms with Gasteiger partial charge in [0, 0.05) is 44.8 Å². The lowest BCUT2D eigenvalue weighted by Gasteiger charge is -2.31. The average molecular weight is 464 g/mol. The molecule has 1 amide bonds. The molecule has 2 N–H and O–H groups in total. The number of benzene rings is 2. The lowest BCUT2D eigenvalue weighted by molar-refractivity contribution is -0.140. The smallest absolute Gasteiger partial charge is 0.295 e. The number of piperazine rings is 1. The van der Waals surface area contributed by atoms with Crippen molar-refractivity contribution in [1.29, 1.82) is 0 Å². The molecular weight excluding hydrogens is 430 g/mol. The van der Waals surface area contributed by atoms with Crippen LogP contribution in [0, 0.1) is 6.92 Å². The Morgan fingerprint density at radius 1 is 1.03 bits per heavy atom. The summed E-state index contributed by atoms with van der Waals surface area (Å²) in [5.41, 5.74) is 2.51. The Morgan fingerprint density at radius 2 is 1.68 bits per heavy atom. The summed E-state index contributed by atoms with van der Waals surface area (Å²) < 4.78 is 5.68. The molecule has 2 aromatic rings. The van der Waals surface area contributed by atoms with Crippen LogP contribution >= 0.6 is 0 Å². The van der Waals surface area contributed by atoms with Crippen LogP contribution < -0.4 is 10.1 Å². The number of ketones is 1. The Morgan fingerprint density at radius 3 is 2.29 bits per heavy atom. The number of nitrogens with zero attached hydrogens (tertiary/aromatic N) is 2. The first-order chi connectivity index (χ1) is 16.3. The summed E-state index contributed by atoms with van der Waals surface area (Å²) in [4.78, 5) is 30.2. The molecule has 0 saturated carbocycles. The van der Waals surface area contributed by atoms with Gasteiger partial charge in [-0.3, -0.25) is 14.5 Å². The maximum Gasteiger partial charge on any atom is 0.295 e. The number of amides is 1. The Kier molecular flexibility index (Phi) is 7.34. The highest BCUT2D eigenvalue weighted by Gasteiger charge is 2.46. The van der Waals surface area contributed by atoms with Crippen molar-refractivity contribution in [2.45, 2.75) is 32.9 Å². The molecule has 0 aromatic heterocycles. The fourth-order valence-corrected chi connectivity index (χ4v) is 4.51. The molecule has 7 heteroatoms. The first-order valence-corrected chi connectivity index (χ1v) is 11.9. The van der Waals surface area contributed by atoms with E-state index < -0.39 is 17.7 Å². The number of Topliss-reactive ketones (excluding diaryl/α,β-unsaturated/α-hetero) is 1. The summed E-state index contributed by atoms with van der Waals surface area (Å²) in [5, 5.41) is 14.5. The second kappa shape index (κ2) is 10.4. The molecular formula is C27H33N3O4. The number of hydrogen-bond acceptors (Lipinski definition) is 6. The zero-order valence-corrected chi connectivity index (χ0v) is 20.1. The second-order valence-electron chi connectivity index (χ2n) is 9.19. The third kappa shape index (κ3) is 5.16. The van der Waals surface area contributed by atoms with Crippen molar-refractivity contribution < 1.29 is 19.4 Å². The van der Waals surface area contributed by atoms with Gasteiger partial charge in [0.25, 0.3) is 11.7 Å². The fraction of sp³-hybridized carbons (Fsp3) is 0.407. The van der Waals surface area contributed by atoms with E-state index in [1.165, 1.54) is 0 Å². The lowest BCUT2D eigenvalue weighted by atomic mass is 9.94. The Labute approximate surface area is 201 Å². The van der Waals surface area contributed by atoms with E-state index >= 15 is 0 Å². The number of aryl methyl sites for hydroxylation is 1. The van der Waals surface area contributed by atoms with Gasteiger partial charge in [-0.1, -0.05) is 29.8 Å². The second-order valence-corrected chi connectivity index (χ2v) is 9.19. The predicted octanol–water partition coefficient (Wildman–Crippen LogP) is 3.11. The topological polar surface area (TPSA) is 82.1 Å². The molecule has 7 nitrogen and oxygen atoms in total. The van der Waals surface area contributed by atoms with E-state index in [0.717, 1.165) is 37.3 Å². The normalized spacial score (nSPS) is 20.8. The molecule has 2 aliphatic heterocycles. The Hall–Kier alpha value is -3.16. The molecule has 2 heterocycles. The number of rotatable bonds is 7. The van der Waals surface area contributed by atoms with Crippen molar-refractivity contribution in [3.8, 4) is 5.75 Å². The van der Waals surface area contributed by atoms with Gasteiger partial charge < -0.3 is 20.1 Å². The number of hydrogen-bond donors (Lipinski definition) is 2. The predicted molar refractivity (Wildman–Crippen MR) is 132 cm³/mol. The van der Waals surface area contributed by atoms with Gasteiger partial charge in [-0.2, -0.15) is 0 Å². The first kappa shape index (κ1) is 24.0. The number of carbonyl (C=O) groups excluding carboxylic acids is 2. The van der Waals surface area contributed by atoms with Gasteiger partial charge in [0.15, 0.2) is 0 Å². The molecule has 2 aromatic carbocycles. The maximum atomic E-state index is 13.2. The standard InChI is InChI=1S/C27H33N3O4/c1-18(2)34-22-10-8-21(9-11-22)25(31)23-24(20-6-4-19(3)5-7-20)30(27(33)26(23)32)17-16-29-14-12-28-13-15-29/h4-11,18,24,28,31H,12-17H2,1-3H3/b25-23+. The van der Waals surface area contributed by atoms with E-state index in [2.05, 4.69) is 10.2 Å². The Balaban J connectivity index is 1.69. The highest BCUT2D eigenvalue weighted by molar-refractivity contribution is 6.46. The first-order valence-electron chi connectivity index (χ1n) is 11.9. The lowest BCUT2D eigenvalue weighted by Crippen LogP contribution is -2.46. The van der Waals surface area contributed by atoms with Crippen LogP contribution in [0.5, 0.6) is 5.75 Å². The van der Waals surface area contributed by atoms with E-state index in [0.29, 0.717) is 24.4 Å². The average Bonchev–Trinajstić information content (AvgIpc) is 3.08. The molecule has 2 fully saturated rings. The van der Waals surface area contributed by atoms with E-state index in [4.69, 9.17) is 4.74 Å². The summed E-state index contributed by atoms with van der Waals surface area (Å²) >= 11 is 0. The number of likely N-dealkylation sites (tertiary alicyclic amines) is 1. The van der Waals surface area contributed by atoms with Crippen LogP contribution in [0.1, 0.15) is 36.6 Å². The van der Waals surface area contributed by atoms with Crippen LogP contribution in [0.4, 0.5) is 0 Å². The fourth-order valence-electron chi connectivity index (χ4n) is 4.51. The summed E-state index contributed by atoms with van der Waals surface area (Å²) in [6, 6.07) is 14.1. The Bertz CT molecular complexity index is 1050. The van der Waals surface area contributed by atoms with Crippen molar-refractivity contribution in [1.82, 2.24) is 15.1 Å². The van der Waals surface area contributed by atoms with Gasteiger partial charge in [-0.05, 0) is 50.6 Å². The SMILES string of the molecule is Cc1ccc(C2/C(=C(\O)c3ccc(OC(C)C)cc3)C(=O)C(=O)N2CCN2CCNCC2)cc1. The van der Waals surface area contributed by atoms with Crippen LogP contribution in [-0.2, 0) is 9.59 Å². The van der Waals surface area contributed by atoms with Crippen LogP contribution in [0.2, 0.25) is 0 Å². The van der Waals surface area contributed by atoms with Crippen LogP contribution in [-0.4, -0.2) is 72.0 Å². The quantitative estimate of drug-likeness (QED) is 0.373. The molecule has 0 aliphatic carbocycles. The minimum atomic E-state index is -0.647.